The van der Waals surface area contributed by atoms with Gasteiger partial charge in [0.1, 0.15) is 17.8 Å². The fraction of sp³-hybridized carbons (Fsp3) is 0.625. The maximum absolute atomic E-state index is 12.8. The Hall–Kier alpha value is -1.71. The lowest BCUT2D eigenvalue weighted by molar-refractivity contribution is 0.259. The molecule has 1 saturated heterocycles. The van der Waals surface area contributed by atoms with Crippen LogP contribution >= 0.6 is 0 Å². The van der Waals surface area contributed by atoms with Gasteiger partial charge < -0.3 is 9.88 Å². The molecule has 2 aromatic rings. The highest BCUT2D eigenvalue weighted by molar-refractivity contribution is 7.87. The smallest absolute Gasteiger partial charge is 0.280 e. The highest BCUT2D eigenvalue weighted by Crippen LogP contribution is 2.46. The third kappa shape index (κ3) is 2.52. The van der Waals surface area contributed by atoms with E-state index >= 15 is 0 Å². The van der Waals surface area contributed by atoms with Crippen LogP contribution in [-0.4, -0.2) is 58.9 Å². The van der Waals surface area contributed by atoms with Crippen molar-refractivity contribution in [3.8, 4) is 0 Å². The second-order valence-corrected chi connectivity index (χ2v) is 9.03. The number of aromatic nitrogens is 3. The predicted octanol–water partition coefficient (Wildman–Crippen LogP) is 0.999. The van der Waals surface area contributed by atoms with Crippen molar-refractivity contribution >= 4 is 27.1 Å². The van der Waals surface area contributed by atoms with Crippen molar-refractivity contribution in [3.63, 3.8) is 0 Å². The number of fused-ring (bicyclic) bond motifs is 1. The number of hydrogen-bond acceptors (Lipinski definition) is 5. The standard InChI is InChI=1S/C16H22N6O2S/c23-25(24,20-12-2-1-3-12)22-9-8-21(10-16(22)5-6-16)15-13-4-7-17-14(13)18-11-19-15/h4,7,11-12,20H,1-3,5-6,8-10H2,(H,17,18,19). The number of nitrogens with zero attached hydrogens (tertiary/aromatic N) is 4. The van der Waals surface area contributed by atoms with Gasteiger partial charge in [-0.1, -0.05) is 6.42 Å². The molecule has 3 fully saturated rings. The molecule has 0 amide bonds. The lowest BCUT2D eigenvalue weighted by Gasteiger charge is -2.42. The van der Waals surface area contributed by atoms with E-state index in [1.54, 1.807) is 10.6 Å². The van der Waals surface area contributed by atoms with Crippen LogP contribution in [0.4, 0.5) is 5.82 Å². The molecule has 0 unspecified atom stereocenters. The van der Waals surface area contributed by atoms with E-state index in [4.69, 9.17) is 0 Å². The quantitative estimate of drug-likeness (QED) is 0.846. The number of rotatable bonds is 4. The molecule has 8 nitrogen and oxygen atoms in total. The van der Waals surface area contributed by atoms with Gasteiger partial charge in [-0.3, -0.25) is 0 Å². The predicted molar refractivity (Wildman–Crippen MR) is 94.5 cm³/mol. The van der Waals surface area contributed by atoms with Gasteiger partial charge in [-0.05, 0) is 31.7 Å². The monoisotopic (exact) mass is 362 g/mol. The third-order valence-corrected chi connectivity index (χ3v) is 7.54. The first-order valence-electron chi connectivity index (χ1n) is 8.91. The van der Waals surface area contributed by atoms with Crippen LogP contribution in [0.5, 0.6) is 0 Å². The van der Waals surface area contributed by atoms with Crippen molar-refractivity contribution < 1.29 is 8.42 Å². The number of aromatic amines is 1. The van der Waals surface area contributed by atoms with Crippen LogP contribution in [-0.2, 0) is 10.2 Å². The first kappa shape index (κ1) is 15.5. The first-order chi connectivity index (χ1) is 12.1. The van der Waals surface area contributed by atoms with Crippen molar-refractivity contribution in [2.75, 3.05) is 24.5 Å². The zero-order valence-corrected chi connectivity index (χ0v) is 14.8. The molecule has 2 saturated carbocycles. The van der Waals surface area contributed by atoms with Gasteiger partial charge in [-0.2, -0.15) is 17.4 Å². The Bertz CT molecular complexity index is 902. The maximum Gasteiger partial charge on any atom is 0.280 e. The van der Waals surface area contributed by atoms with Gasteiger partial charge >= 0.3 is 0 Å². The van der Waals surface area contributed by atoms with Crippen LogP contribution in [0, 0.1) is 0 Å². The Morgan fingerprint density at radius 2 is 2.08 bits per heavy atom. The van der Waals surface area contributed by atoms with Crippen LogP contribution in [0.2, 0.25) is 0 Å². The largest absolute Gasteiger partial charge is 0.353 e. The normalized spacial score (nSPS) is 23.9. The second kappa shape index (κ2) is 5.39. The summed E-state index contributed by atoms with van der Waals surface area (Å²) in [4.78, 5) is 14.0. The summed E-state index contributed by atoms with van der Waals surface area (Å²) in [5, 5.41) is 0.988. The molecule has 3 aliphatic rings. The minimum Gasteiger partial charge on any atom is -0.353 e. The van der Waals surface area contributed by atoms with E-state index in [2.05, 4.69) is 24.6 Å². The topological polar surface area (TPSA) is 94.2 Å². The number of anilines is 1. The number of piperazine rings is 1. The summed E-state index contributed by atoms with van der Waals surface area (Å²) in [5.74, 6) is 0.890. The van der Waals surface area contributed by atoms with E-state index in [1.165, 1.54) is 0 Å². The van der Waals surface area contributed by atoms with E-state index in [0.29, 0.717) is 19.6 Å². The summed E-state index contributed by atoms with van der Waals surface area (Å²) in [7, 11) is -3.41. The zero-order chi connectivity index (χ0) is 17.1. The van der Waals surface area contributed by atoms with Crippen molar-refractivity contribution in [1.82, 2.24) is 24.0 Å². The Kier molecular flexibility index (Phi) is 3.35. The summed E-state index contributed by atoms with van der Waals surface area (Å²) in [6.45, 7) is 1.83. The van der Waals surface area contributed by atoms with Crippen LogP contribution < -0.4 is 9.62 Å². The van der Waals surface area contributed by atoms with Crippen molar-refractivity contribution in [3.05, 3.63) is 18.6 Å². The van der Waals surface area contributed by atoms with Crippen LogP contribution in [0.1, 0.15) is 32.1 Å². The van der Waals surface area contributed by atoms with E-state index in [1.807, 2.05) is 12.3 Å². The van der Waals surface area contributed by atoms with Gasteiger partial charge in [0.2, 0.25) is 0 Å². The van der Waals surface area contributed by atoms with Crippen molar-refractivity contribution in [1.29, 1.82) is 0 Å². The molecule has 2 N–H and O–H groups in total. The summed E-state index contributed by atoms with van der Waals surface area (Å²) < 4.78 is 30.2. The van der Waals surface area contributed by atoms with Crippen molar-refractivity contribution in [2.24, 2.45) is 0 Å². The van der Waals surface area contributed by atoms with E-state index < -0.39 is 10.2 Å². The lowest BCUT2D eigenvalue weighted by Crippen LogP contribution is -2.61. The number of nitrogens with one attached hydrogen (secondary N) is 2. The summed E-state index contributed by atoms with van der Waals surface area (Å²) in [6, 6.07) is 2.10. The molecule has 3 heterocycles. The number of hydrogen-bond donors (Lipinski definition) is 2. The van der Waals surface area contributed by atoms with Gasteiger partial charge in [0.25, 0.3) is 10.2 Å². The fourth-order valence-corrected chi connectivity index (χ4v) is 5.84. The van der Waals surface area contributed by atoms with Gasteiger partial charge in [0.15, 0.2) is 0 Å². The average Bonchev–Trinajstić information content (AvgIpc) is 3.13. The molecule has 9 heteroatoms. The first-order valence-corrected chi connectivity index (χ1v) is 10.3. The Labute approximate surface area is 146 Å². The van der Waals surface area contributed by atoms with E-state index in [-0.39, 0.29) is 11.6 Å². The Balaban J connectivity index is 1.40. The Morgan fingerprint density at radius 1 is 1.24 bits per heavy atom. The van der Waals surface area contributed by atoms with Gasteiger partial charge in [0.05, 0.1) is 10.9 Å². The second-order valence-electron chi connectivity index (χ2n) is 7.41. The summed E-state index contributed by atoms with van der Waals surface area (Å²) in [5.41, 5.74) is 0.540. The molecule has 0 atom stereocenters. The van der Waals surface area contributed by atoms with Crippen molar-refractivity contribution in [2.45, 2.75) is 43.7 Å². The minimum absolute atomic E-state index is 0.125. The van der Waals surface area contributed by atoms with Gasteiger partial charge in [0, 0.05) is 31.9 Å². The minimum atomic E-state index is -3.41. The van der Waals surface area contributed by atoms with E-state index in [0.717, 1.165) is 49.0 Å². The zero-order valence-electron chi connectivity index (χ0n) is 14.0. The maximum atomic E-state index is 12.8. The fourth-order valence-electron chi connectivity index (χ4n) is 3.98. The average molecular weight is 362 g/mol. The highest BCUT2D eigenvalue weighted by atomic mass is 32.2. The summed E-state index contributed by atoms with van der Waals surface area (Å²) >= 11 is 0. The molecule has 1 spiro atoms. The van der Waals surface area contributed by atoms with E-state index in [9.17, 15) is 8.42 Å². The Morgan fingerprint density at radius 3 is 2.80 bits per heavy atom. The molecule has 0 radical (unpaired) electrons. The lowest BCUT2D eigenvalue weighted by atomic mass is 9.94. The van der Waals surface area contributed by atoms with Crippen LogP contribution in [0.25, 0.3) is 11.0 Å². The molecule has 0 bridgehead atoms. The SMILES string of the molecule is O=S(=O)(NC1CCC1)N1CCN(c2ncnc3[nH]ccc23)CC12CC2. The van der Waals surface area contributed by atoms with Gasteiger partial charge in [-0.25, -0.2) is 9.97 Å². The number of H-pyrrole nitrogens is 1. The molecule has 134 valence electrons. The highest BCUT2D eigenvalue weighted by Gasteiger charge is 2.56. The molecular weight excluding hydrogens is 340 g/mol. The molecular formula is C16H22N6O2S. The molecule has 5 rings (SSSR count). The van der Waals surface area contributed by atoms with Crippen LogP contribution in [0.3, 0.4) is 0 Å². The third-order valence-electron chi connectivity index (χ3n) is 5.76. The molecule has 25 heavy (non-hydrogen) atoms. The molecule has 1 aliphatic heterocycles. The van der Waals surface area contributed by atoms with Crippen LogP contribution in [0.15, 0.2) is 18.6 Å². The molecule has 2 aromatic heterocycles. The molecule has 0 aromatic carbocycles. The molecule has 2 aliphatic carbocycles. The summed E-state index contributed by atoms with van der Waals surface area (Å²) in [6.07, 6.45) is 8.28. The van der Waals surface area contributed by atoms with Gasteiger partial charge in [-0.15, -0.1) is 0 Å².